The van der Waals surface area contributed by atoms with Gasteiger partial charge in [-0.15, -0.1) is 11.3 Å². The molecule has 0 aliphatic carbocycles. The Morgan fingerprint density at radius 2 is 1.66 bits per heavy atom. The van der Waals surface area contributed by atoms with Gasteiger partial charge in [-0.1, -0.05) is 27.7 Å². The number of sulfonamides is 1. The lowest BCUT2D eigenvalue weighted by Gasteiger charge is -2.33. The monoisotopic (exact) mass is 576 g/mol. The molecule has 0 aliphatic rings. The average Bonchev–Trinajstić information content (AvgIpc) is 3.22. The van der Waals surface area contributed by atoms with Crippen molar-refractivity contribution in [1.82, 2.24) is 15.6 Å². The second kappa shape index (κ2) is 13.4. The molecule has 10 nitrogen and oxygen atoms in total. The second-order valence-electron chi connectivity index (χ2n) is 9.86. The molecule has 2 rings (SSSR count). The van der Waals surface area contributed by atoms with Crippen molar-refractivity contribution in [1.29, 1.82) is 0 Å². The lowest BCUT2D eigenvalue weighted by molar-refractivity contribution is -0.135. The fourth-order valence-corrected chi connectivity index (χ4v) is 5.33. The number of halogens is 2. The van der Waals surface area contributed by atoms with Crippen molar-refractivity contribution < 1.29 is 37.0 Å². The summed E-state index contributed by atoms with van der Waals surface area (Å²) in [6.45, 7) is 7.53. The molecule has 0 saturated carbocycles. The van der Waals surface area contributed by atoms with Crippen molar-refractivity contribution >= 4 is 38.3 Å². The third-order valence-electron chi connectivity index (χ3n) is 5.54. The van der Waals surface area contributed by atoms with Crippen LogP contribution in [0.3, 0.4) is 0 Å². The first-order chi connectivity index (χ1) is 17.6. The van der Waals surface area contributed by atoms with E-state index >= 15 is 0 Å². The van der Waals surface area contributed by atoms with Crippen molar-refractivity contribution in [2.45, 2.75) is 52.4 Å². The predicted octanol–water partition coefficient (Wildman–Crippen LogP) is 1.90. The summed E-state index contributed by atoms with van der Waals surface area (Å²) in [6.07, 6.45) is -2.75. The van der Waals surface area contributed by atoms with Crippen LogP contribution in [0.1, 0.15) is 43.7 Å². The van der Waals surface area contributed by atoms with E-state index in [2.05, 4.69) is 20.3 Å². The quantitative estimate of drug-likeness (QED) is 0.244. The molecule has 5 N–H and O–H groups in total. The van der Waals surface area contributed by atoms with Gasteiger partial charge in [0.05, 0.1) is 24.3 Å². The number of carbonyl (C=O) groups excluding carboxylic acids is 2. The summed E-state index contributed by atoms with van der Waals surface area (Å²) in [5.41, 5.74) is -0.101. The standard InChI is InChI=1S/C24H34F2N4O6S2/c1-12(2)10-27-23(34)19(13(3)4)21(32)20(31)17(8-14-6-15(25)9-16(26)7-14)28-22(33)18-11-37-24(29-18)30-38(5,35)36/h6-7,9,11-13,17,19-21,31-32H,8,10H2,1-5H3,(H,27,34)(H,28,33)(H,29,30). The zero-order valence-corrected chi connectivity index (χ0v) is 23.4. The van der Waals surface area contributed by atoms with Crippen LogP contribution in [-0.4, -0.2) is 66.5 Å². The van der Waals surface area contributed by atoms with E-state index in [1.54, 1.807) is 13.8 Å². The molecule has 0 aliphatic heterocycles. The van der Waals surface area contributed by atoms with Gasteiger partial charge in [0.25, 0.3) is 5.91 Å². The van der Waals surface area contributed by atoms with E-state index in [0.717, 1.165) is 29.7 Å². The number of aliphatic hydroxyl groups excluding tert-OH is 2. The first-order valence-electron chi connectivity index (χ1n) is 11.9. The molecule has 38 heavy (non-hydrogen) atoms. The Morgan fingerprint density at radius 3 is 2.18 bits per heavy atom. The normalized spacial score (nSPS) is 15.1. The predicted molar refractivity (Wildman–Crippen MR) is 140 cm³/mol. The maximum absolute atomic E-state index is 13.8. The van der Waals surface area contributed by atoms with Gasteiger partial charge in [0.1, 0.15) is 23.4 Å². The van der Waals surface area contributed by atoms with Crippen LogP contribution in [0.2, 0.25) is 0 Å². The lowest BCUT2D eigenvalue weighted by atomic mass is 9.83. The number of hydrogen-bond acceptors (Lipinski definition) is 8. The van der Waals surface area contributed by atoms with Crippen LogP contribution in [0.25, 0.3) is 0 Å². The van der Waals surface area contributed by atoms with E-state index < -0.39 is 63.6 Å². The molecule has 2 amide bonds. The Morgan fingerprint density at radius 1 is 1.05 bits per heavy atom. The molecule has 0 saturated heterocycles. The minimum atomic E-state index is -3.64. The van der Waals surface area contributed by atoms with Gasteiger partial charge < -0.3 is 20.8 Å². The molecule has 1 aromatic heterocycles. The van der Waals surface area contributed by atoms with Gasteiger partial charge in [-0.25, -0.2) is 22.2 Å². The fraction of sp³-hybridized carbons (Fsp3) is 0.542. The van der Waals surface area contributed by atoms with Gasteiger partial charge in [-0.2, -0.15) is 0 Å². The van der Waals surface area contributed by atoms with Crippen LogP contribution in [0.5, 0.6) is 0 Å². The Hall–Kier alpha value is -2.68. The van der Waals surface area contributed by atoms with Gasteiger partial charge in [0, 0.05) is 18.0 Å². The highest BCUT2D eigenvalue weighted by molar-refractivity contribution is 7.92. The molecule has 4 atom stereocenters. The summed E-state index contributed by atoms with van der Waals surface area (Å²) >= 11 is 0.849. The summed E-state index contributed by atoms with van der Waals surface area (Å²) in [4.78, 5) is 29.7. The Kier molecular flexibility index (Phi) is 11.1. The van der Waals surface area contributed by atoms with Crippen molar-refractivity contribution in [3.63, 3.8) is 0 Å². The number of rotatable bonds is 13. The molecule has 1 aromatic carbocycles. The Labute approximate surface area is 224 Å². The third-order valence-corrected chi connectivity index (χ3v) is 6.99. The number of amides is 2. The number of hydrogen-bond donors (Lipinski definition) is 5. The number of nitrogens with zero attached hydrogens (tertiary/aromatic N) is 1. The van der Waals surface area contributed by atoms with E-state index in [4.69, 9.17) is 0 Å². The molecule has 1 heterocycles. The van der Waals surface area contributed by atoms with E-state index in [1.807, 2.05) is 13.8 Å². The number of aliphatic hydroxyl groups is 2. The molecule has 0 fully saturated rings. The number of aromatic nitrogens is 1. The van der Waals surface area contributed by atoms with Crippen LogP contribution in [0, 0.1) is 29.4 Å². The largest absolute Gasteiger partial charge is 0.390 e. The minimum Gasteiger partial charge on any atom is -0.390 e. The first kappa shape index (κ1) is 31.5. The summed E-state index contributed by atoms with van der Waals surface area (Å²) < 4.78 is 52.7. The molecule has 212 valence electrons. The van der Waals surface area contributed by atoms with E-state index in [1.165, 1.54) is 5.38 Å². The minimum absolute atomic E-state index is 0.0660. The summed E-state index contributed by atoms with van der Waals surface area (Å²) in [5.74, 6) is -4.38. The second-order valence-corrected chi connectivity index (χ2v) is 12.5. The van der Waals surface area contributed by atoms with Gasteiger partial charge in [-0.05, 0) is 36.0 Å². The number of nitrogens with one attached hydrogen (secondary N) is 3. The average molecular weight is 577 g/mol. The zero-order chi connectivity index (χ0) is 28.8. The van der Waals surface area contributed by atoms with E-state index in [9.17, 15) is 37.0 Å². The third kappa shape index (κ3) is 9.57. The molecule has 14 heteroatoms. The van der Waals surface area contributed by atoms with Crippen molar-refractivity contribution in [2.75, 3.05) is 17.5 Å². The topological polar surface area (TPSA) is 158 Å². The first-order valence-corrected chi connectivity index (χ1v) is 14.7. The molecule has 4 unspecified atom stereocenters. The number of thiazole rings is 1. The van der Waals surface area contributed by atoms with Crippen molar-refractivity contribution in [3.8, 4) is 0 Å². The van der Waals surface area contributed by atoms with Crippen LogP contribution in [0.4, 0.5) is 13.9 Å². The van der Waals surface area contributed by atoms with Crippen LogP contribution >= 0.6 is 11.3 Å². The number of anilines is 1. The maximum Gasteiger partial charge on any atom is 0.271 e. The van der Waals surface area contributed by atoms with Crippen LogP contribution < -0.4 is 15.4 Å². The zero-order valence-electron chi connectivity index (χ0n) is 21.7. The Bertz CT molecular complexity index is 1200. The van der Waals surface area contributed by atoms with Crippen LogP contribution in [0.15, 0.2) is 23.6 Å². The fourth-order valence-electron chi connectivity index (χ4n) is 3.79. The highest BCUT2D eigenvalue weighted by Gasteiger charge is 2.39. The lowest BCUT2D eigenvalue weighted by Crippen LogP contribution is -2.55. The highest BCUT2D eigenvalue weighted by atomic mass is 32.2. The molecule has 2 aromatic rings. The smallest absolute Gasteiger partial charge is 0.271 e. The molecule has 0 radical (unpaired) electrons. The van der Waals surface area contributed by atoms with E-state index in [0.29, 0.717) is 12.6 Å². The summed E-state index contributed by atoms with van der Waals surface area (Å²) in [5, 5.41) is 28.6. The Balaban J connectivity index is 2.35. The van der Waals surface area contributed by atoms with Crippen molar-refractivity contribution in [2.24, 2.45) is 17.8 Å². The SMILES string of the molecule is CC(C)CNC(=O)C(C(C)C)C(O)C(O)C(Cc1cc(F)cc(F)c1)NC(=O)c1csc(NS(C)(=O)=O)n1. The summed E-state index contributed by atoms with van der Waals surface area (Å²) in [6, 6.07) is 1.41. The van der Waals surface area contributed by atoms with Gasteiger partial charge in [0.2, 0.25) is 15.9 Å². The molecular weight excluding hydrogens is 542 g/mol. The van der Waals surface area contributed by atoms with Gasteiger partial charge >= 0.3 is 0 Å². The molecule has 0 bridgehead atoms. The van der Waals surface area contributed by atoms with Crippen LogP contribution in [-0.2, 0) is 21.2 Å². The van der Waals surface area contributed by atoms with Gasteiger partial charge in [-0.3, -0.25) is 14.3 Å². The van der Waals surface area contributed by atoms with Gasteiger partial charge in [0.15, 0.2) is 5.13 Å². The molecular formula is C24H34F2N4O6S2. The maximum atomic E-state index is 13.8. The number of benzene rings is 1. The summed E-state index contributed by atoms with van der Waals surface area (Å²) in [7, 11) is -3.64. The highest BCUT2D eigenvalue weighted by Crippen LogP contribution is 2.23. The number of carbonyl (C=O) groups is 2. The molecule has 0 spiro atoms. The van der Waals surface area contributed by atoms with Crippen molar-refractivity contribution in [3.05, 3.63) is 46.5 Å². The van der Waals surface area contributed by atoms with E-state index in [-0.39, 0.29) is 28.7 Å².